The number of benzene rings is 1. The van der Waals surface area contributed by atoms with Crippen molar-refractivity contribution in [3.05, 3.63) is 29.8 Å². The molecule has 2 rings (SSSR count). The third-order valence-electron chi connectivity index (χ3n) is 3.49. The van der Waals surface area contributed by atoms with E-state index in [1.165, 1.54) is 31.5 Å². The van der Waals surface area contributed by atoms with Crippen molar-refractivity contribution >= 4 is 29.9 Å². The zero-order chi connectivity index (χ0) is 14.2. The Hall–Kier alpha value is -1.02. The van der Waals surface area contributed by atoms with Gasteiger partial charge in [-0.1, -0.05) is 12.1 Å². The largest absolute Gasteiger partial charge is 0.492 e. The predicted octanol–water partition coefficient (Wildman–Crippen LogP) is 1.60. The summed E-state index contributed by atoms with van der Waals surface area (Å²) in [5.41, 5.74) is 11.8. The van der Waals surface area contributed by atoms with Crippen LogP contribution in [0, 0.1) is 0 Å². The van der Waals surface area contributed by atoms with E-state index in [-0.39, 0.29) is 29.9 Å². The van der Waals surface area contributed by atoms with Gasteiger partial charge in [0.15, 0.2) is 5.96 Å². The van der Waals surface area contributed by atoms with Crippen LogP contribution in [0.3, 0.4) is 0 Å². The molecule has 0 spiro atoms. The van der Waals surface area contributed by atoms with Gasteiger partial charge in [0.2, 0.25) is 0 Å². The summed E-state index contributed by atoms with van der Waals surface area (Å²) in [6.45, 7) is 4.83. The first-order valence-corrected chi connectivity index (χ1v) is 7.23. The molecular formula is C15H25IN4O. The molecule has 6 heteroatoms. The highest BCUT2D eigenvalue weighted by Gasteiger charge is 2.10. The SMILES string of the molecule is I.NC(N)=NCCc1ccc(OCCN2CCCC2)cc1. The molecule has 0 unspecified atom stereocenters. The van der Waals surface area contributed by atoms with Crippen molar-refractivity contribution in [1.82, 2.24) is 4.90 Å². The number of aliphatic imine (C=N–C) groups is 1. The molecule has 1 aliphatic heterocycles. The summed E-state index contributed by atoms with van der Waals surface area (Å²) in [5, 5.41) is 0. The van der Waals surface area contributed by atoms with Crippen LogP contribution < -0.4 is 16.2 Å². The Balaban J connectivity index is 0.00000220. The van der Waals surface area contributed by atoms with Crippen molar-refractivity contribution in [2.75, 3.05) is 32.8 Å². The Morgan fingerprint density at radius 2 is 1.81 bits per heavy atom. The average molecular weight is 404 g/mol. The molecule has 0 amide bonds. The summed E-state index contributed by atoms with van der Waals surface area (Å²) in [4.78, 5) is 6.42. The number of nitrogens with two attached hydrogens (primary N) is 2. The van der Waals surface area contributed by atoms with E-state index in [2.05, 4.69) is 22.0 Å². The molecule has 0 aliphatic carbocycles. The molecule has 0 bridgehead atoms. The van der Waals surface area contributed by atoms with Gasteiger partial charge in [0, 0.05) is 13.1 Å². The second kappa shape index (κ2) is 9.83. The van der Waals surface area contributed by atoms with E-state index in [1.54, 1.807) is 0 Å². The molecule has 1 saturated heterocycles. The van der Waals surface area contributed by atoms with Crippen molar-refractivity contribution in [3.63, 3.8) is 0 Å². The van der Waals surface area contributed by atoms with Gasteiger partial charge >= 0.3 is 0 Å². The molecule has 1 aliphatic rings. The van der Waals surface area contributed by atoms with Crippen LogP contribution in [-0.2, 0) is 6.42 Å². The van der Waals surface area contributed by atoms with Crippen LogP contribution in [0.2, 0.25) is 0 Å². The van der Waals surface area contributed by atoms with Crippen LogP contribution in [0.5, 0.6) is 5.75 Å². The molecule has 1 heterocycles. The Labute approximate surface area is 143 Å². The van der Waals surface area contributed by atoms with Gasteiger partial charge in [-0.3, -0.25) is 9.89 Å². The van der Waals surface area contributed by atoms with Crippen LogP contribution in [0.1, 0.15) is 18.4 Å². The fourth-order valence-corrected chi connectivity index (χ4v) is 2.37. The molecule has 0 aromatic heterocycles. The van der Waals surface area contributed by atoms with Crippen LogP contribution in [0.4, 0.5) is 0 Å². The molecule has 0 saturated carbocycles. The van der Waals surface area contributed by atoms with Crippen LogP contribution in [0.15, 0.2) is 29.3 Å². The normalized spacial score (nSPS) is 14.5. The van der Waals surface area contributed by atoms with Gasteiger partial charge in [0.1, 0.15) is 12.4 Å². The number of hydrogen-bond acceptors (Lipinski definition) is 3. The van der Waals surface area contributed by atoms with Gasteiger partial charge in [-0.05, 0) is 50.0 Å². The quantitative estimate of drug-likeness (QED) is 0.411. The highest BCUT2D eigenvalue weighted by molar-refractivity contribution is 14.0. The maximum atomic E-state index is 5.76. The first kappa shape index (κ1) is 18.0. The summed E-state index contributed by atoms with van der Waals surface area (Å²) in [5.74, 6) is 1.07. The lowest BCUT2D eigenvalue weighted by Gasteiger charge is -2.15. The third-order valence-corrected chi connectivity index (χ3v) is 3.49. The summed E-state index contributed by atoms with van der Waals surface area (Å²) in [6.07, 6.45) is 3.49. The average Bonchev–Trinajstić information content (AvgIpc) is 2.93. The van der Waals surface area contributed by atoms with E-state index >= 15 is 0 Å². The molecule has 0 atom stereocenters. The Morgan fingerprint density at radius 1 is 1.14 bits per heavy atom. The fourth-order valence-electron chi connectivity index (χ4n) is 2.37. The molecule has 1 aromatic carbocycles. The summed E-state index contributed by atoms with van der Waals surface area (Å²) in [7, 11) is 0. The zero-order valence-corrected chi connectivity index (χ0v) is 14.7. The van der Waals surface area contributed by atoms with Crippen molar-refractivity contribution in [2.24, 2.45) is 16.5 Å². The second-order valence-electron chi connectivity index (χ2n) is 5.10. The number of halogens is 1. The van der Waals surface area contributed by atoms with E-state index in [1.807, 2.05) is 12.1 Å². The first-order valence-electron chi connectivity index (χ1n) is 7.23. The summed E-state index contributed by atoms with van der Waals surface area (Å²) >= 11 is 0. The number of rotatable bonds is 7. The van der Waals surface area contributed by atoms with Crippen molar-refractivity contribution < 1.29 is 4.74 Å². The van der Waals surface area contributed by atoms with Gasteiger partial charge in [0.05, 0.1) is 0 Å². The summed E-state index contributed by atoms with van der Waals surface area (Å²) in [6, 6.07) is 8.14. The van der Waals surface area contributed by atoms with Gasteiger partial charge in [-0.25, -0.2) is 0 Å². The van der Waals surface area contributed by atoms with Crippen molar-refractivity contribution in [3.8, 4) is 5.75 Å². The number of guanidine groups is 1. The molecule has 1 aromatic rings. The second-order valence-corrected chi connectivity index (χ2v) is 5.10. The molecule has 1 fully saturated rings. The lowest BCUT2D eigenvalue weighted by molar-refractivity contribution is 0.238. The van der Waals surface area contributed by atoms with Gasteiger partial charge < -0.3 is 16.2 Å². The van der Waals surface area contributed by atoms with Gasteiger partial charge in [0.25, 0.3) is 0 Å². The minimum atomic E-state index is 0. The number of likely N-dealkylation sites (tertiary alicyclic amines) is 1. The van der Waals surface area contributed by atoms with E-state index in [4.69, 9.17) is 16.2 Å². The number of ether oxygens (including phenoxy) is 1. The topological polar surface area (TPSA) is 76.9 Å². The molecule has 118 valence electrons. The van der Waals surface area contributed by atoms with E-state index in [9.17, 15) is 0 Å². The highest BCUT2D eigenvalue weighted by atomic mass is 127. The number of nitrogens with zero attached hydrogens (tertiary/aromatic N) is 2. The smallest absolute Gasteiger partial charge is 0.185 e. The minimum Gasteiger partial charge on any atom is -0.492 e. The Morgan fingerprint density at radius 3 is 2.43 bits per heavy atom. The van der Waals surface area contributed by atoms with Crippen LogP contribution in [-0.4, -0.2) is 43.6 Å². The first-order chi connectivity index (χ1) is 9.74. The zero-order valence-electron chi connectivity index (χ0n) is 12.3. The third kappa shape index (κ3) is 6.99. The molecule has 4 N–H and O–H groups in total. The Kier molecular flexibility index (Phi) is 8.44. The van der Waals surface area contributed by atoms with Crippen molar-refractivity contribution in [1.29, 1.82) is 0 Å². The summed E-state index contributed by atoms with van der Waals surface area (Å²) < 4.78 is 5.76. The monoisotopic (exact) mass is 404 g/mol. The van der Waals surface area contributed by atoms with E-state index < -0.39 is 0 Å². The molecule has 5 nitrogen and oxygen atoms in total. The van der Waals surface area contributed by atoms with Gasteiger partial charge in [-0.2, -0.15) is 0 Å². The molecular weight excluding hydrogens is 379 g/mol. The van der Waals surface area contributed by atoms with E-state index in [0.29, 0.717) is 6.54 Å². The maximum Gasteiger partial charge on any atom is 0.185 e. The predicted molar refractivity (Wildman–Crippen MR) is 97.4 cm³/mol. The maximum absolute atomic E-state index is 5.76. The fraction of sp³-hybridized carbons (Fsp3) is 0.533. The lowest BCUT2D eigenvalue weighted by Crippen LogP contribution is -2.25. The minimum absolute atomic E-state index is 0. The van der Waals surface area contributed by atoms with Crippen LogP contribution in [0.25, 0.3) is 0 Å². The standard InChI is InChI=1S/C15H24N4O.HI/c16-15(17)18-8-7-13-3-5-14(6-4-13)20-12-11-19-9-1-2-10-19;/h3-6H,1-2,7-12H2,(H4,16,17,18);1H. The van der Waals surface area contributed by atoms with E-state index in [0.717, 1.165) is 25.3 Å². The highest BCUT2D eigenvalue weighted by Crippen LogP contribution is 2.13. The van der Waals surface area contributed by atoms with Crippen molar-refractivity contribution in [2.45, 2.75) is 19.3 Å². The Bertz CT molecular complexity index is 426. The molecule has 21 heavy (non-hydrogen) atoms. The van der Waals surface area contributed by atoms with Crippen LogP contribution >= 0.6 is 24.0 Å². The lowest BCUT2D eigenvalue weighted by atomic mass is 10.1. The number of hydrogen-bond donors (Lipinski definition) is 2. The molecule has 0 radical (unpaired) electrons. The van der Waals surface area contributed by atoms with Gasteiger partial charge in [-0.15, -0.1) is 24.0 Å².